The zero-order valence-corrected chi connectivity index (χ0v) is 8.39. The SMILES string of the molecule is Ic1cccc2c1CNCC2. The molecule has 1 heterocycles. The summed E-state index contributed by atoms with van der Waals surface area (Å²) in [5, 5.41) is 3.38. The van der Waals surface area contributed by atoms with Crippen molar-refractivity contribution in [3.8, 4) is 0 Å². The molecule has 0 amide bonds. The largest absolute Gasteiger partial charge is 0.312 e. The van der Waals surface area contributed by atoms with E-state index in [0.717, 1.165) is 13.1 Å². The third-order valence-corrected chi connectivity index (χ3v) is 3.10. The molecule has 0 spiro atoms. The summed E-state index contributed by atoms with van der Waals surface area (Å²) in [6, 6.07) is 6.55. The molecule has 1 aromatic rings. The maximum Gasteiger partial charge on any atom is 0.0218 e. The highest BCUT2D eigenvalue weighted by atomic mass is 127. The first kappa shape index (κ1) is 7.55. The van der Waals surface area contributed by atoms with Crippen LogP contribution < -0.4 is 5.32 Å². The smallest absolute Gasteiger partial charge is 0.0218 e. The summed E-state index contributed by atoms with van der Waals surface area (Å²) in [6.07, 6.45) is 1.19. The Balaban J connectivity index is 2.49. The van der Waals surface area contributed by atoms with Gasteiger partial charge < -0.3 is 5.32 Å². The lowest BCUT2D eigenvalue weighted by atomic mass is 10.0. The fraction of sp³-hybridized carbons (Fsp3) is 0.333. The fourth-order valence-corrected chi connectivity index (χ4v) is 2.22. The van der Waals surface area contributed by atoms with Crippen LogP contribution in [0.25, 0.3) is 0 Å². The Bertz CT molecular complexity index is 270. The molecule has 0 radical (unpaired) electrons. The molecule has 0 aliphatic carbocycles. The first-order chi connectivity index (χ1) is 5.38. The van der Waals surface area contributed by atoms with Crippen molar-refractivity contribution in [2.45, 2.75) is 13.0 Å². The quantitative estimate of drug-likeness (QED) is 0.702. The van der Waals surface area contributed by atoms with Crippen molar-refractivity contribution in [1.82, 2.24) is 5.32 Å². The number of hydrogen-bond donors (Lipinski definition) is 1. The number of fused-ring (bicyclic) bond motifs is 1. The van der Waals surface area contributed by atoms with Gasteiger partial charge in [0.25, 0.3) is 0 Å². The van der Waals surface area contributed by atoms with Crippen molar-refractivity contribution in [3.63, 3.8) is 0 Å². The predicted octanol–water partition coefficient (Wildman–Crippen LogP) is 1.94. The van der Waals surface area contributed by atoms with Gasteiger partial charge in [-0.15, -0.1) is 0 Å². The minimum Gasteiger partial charge on any atom is -0.312 e. The number of hydrogen-bond acceptors (Lipinski definition) is 1. The van der Waals surface area contributed by atoms with Gasteiger partial charge in [-0.05, 0) is 52.7 Å². The molecule has 2 heteroatoms. The lowest BCUT2D eigenvalue weighted by Crippen LogP contribution is -2.24. The van der Waals surface area contributed by atoms with E-state index in [2.05, 4.69) is 46.1 Å². The minimum absolute atomic E-state index is 1.05. The Hall–Kier alpha value is -0.0900. The molecule has 0 unspecified atom stereocenters. The van der Waals surface area contributed by atoms with Crippen LogP contribution in [-0.2, 0) is 13.0 Å². The standard InChI is InChI=1S/C9H10IN/c10-9-3-1-2-7-4-5-11-6-8(7)9/h1-3,11H,4-6H2. The van der Waals surface area contributed by atoms with Gasteiger partial charge in [0.1, 0.15) is 0 Å². The number of benzene rings is 1. The van der Waals surface area contributed by atoms with Crippen LogP contribution in [0.2, 0.25) is 0 Å². The Morgan fingerprint density at radius 1 is 1.36 bits per heavy atom. The van der Waals surface area contributed by atoms with Gasteiger partial charge in [-0.3, -0.25) is 0 Å². The van der Waals surface area contributed by atoms with Crippen LogP contribution in [-0.4, -0.2) is 6.54 Å². The zero-order valence-electron chi connectivity index (χ0n) is 6.23. The van der Waals surface area contributed by atoms with Gasteiger partial charge in [0.05, 0.1) is 0 Å². The normalized spacial score (nSPS) is 16.1. The van der Waals surface area contributed by atoms with Crippen molar-refractivity contribution in [2.24, 2.45) is 0 Å². The van der Waals surface area contributed by atoms with E-state index in [1.54, 1.807) is 0 Å². The van der Waals surface area contributed by atoms with Crippen molar-refractivity contribution in [1.29, 1.82) is 0 Å². The van der Waals surface area contributed by atoms with Crippen molar-refractivity contribution < 1.29 is 0 Å². The van der Waals surface area contributed by atoms with Crippen LogP contribution in [0.1, 0.15) is 11.1 Å². The molecule has 1 N–H and O–H groups in total. The highest BCUT2D eigenvalue weighted by molar-refractivity contribution is 14.1. The van der Waals surface area contributed by atoms with Crippen molar-refractivity contribution in [3.05, 3.63) is 32.9 Å². The van der Waals surface area contributed by atoms with Gasteiger partial charge in [0.15, 0.2) is 0 Å². The van der Waals surface area contributed by atoms with Crippen molar-refractivity contribution in [2.75, 3.05) is 6.54 Å². The second kappa shape index (κ2) is 3.11. The minimum atomic E-state index is 1.05. The summed E-state index contributed by atoms with van der Waals surface area (Å²) in [7, 11) is 0. The number of rotatable bonds is 0. The van der Waals surface area contributed by atoms with E-state index in [9.17, 15) is 0 Å². The summed E-state index contributed by atoms with van der Waals surface area (Å²) in [4.78, 5) is 0. The van der Waals surface area contributed by atoms with Gasteiger partial charge >= 0.3 is 0 Å². The highest BCUT2D eigenvalue weighted by Gasteiger charge is 2.09. The molecule has 0 fully saturated rings. The number of halogens is 1. The monoisotopic (exact) mass is 259 g/mol. The van der Waals surface area contributed by atoms with Crippen LogP contribution >= 0.6 is 22.6 Å². The molecule has 2 rings (SSSR count). The van der Waals surface area contributed by atoms with Crippen molar-refractivity contribution >= 4 is 22.6 Å². The van der Waals surface area contributed by atoms with E-state index in [1.807, 2.05) is 0 Å². The Labute approximate surface area is 80.3 Å². The predicted molar refractivity (Wildman–Crippen MR) is 54.6 cm³/mol. The molecule has 0 atom stereocenters. The maximum absolute atomic E-state index is 3.38. The average molecular weight is 259 g/mol. The topological polar surface area (TPSA) is 12.0 Å². The molecular formula is C9H10IN. The van der Waals surface area contributed by atoms with Crippen LogP contribution in [0.4, 0.5) is 0 Å². The molecule has 1 aromatic carbocycles. The average Bonchev–Trinajstić information content (AvgIpc) is 2.06. The lowest BCUT2D eigenvalue weighted by Gasteiger charge is -2.17. The molecule has 1 aliphatic rings. The van der Waals surface area contributed by atoms with Crippen LogP contribution in [0.5, 0.6) is 0 Å². The van der Waals surface area contributed by atoms with E-state index in [4.69, 9.17) is 0 Å². The van der Waals surface area contributed by atoms with Gasteiger partial charge in [0.2, 0.25) is 0 Å². The second-order valence-electron chi connectivity index (χ2n) is 2.80. The van der Waals surface area contributed by atoms with Gasteiger partial charge in [0, 0.05) is 10.1 Å². The van der Waals surface area contributed by atoms with Gasteiger partial charge in [-0.25, -0.2) is 0 Å². The second-order valence-corrected chi connectivity index (χ2v) is 3.97. The maximum atomic E-state index is 3.38. The Morgan fingerprint density at radius 3 is 3.09 bits per heavy atom. The first-order valence-corrected chi connectivity index (χ1v) is 4.93. The summed E-state index contributed by atoms with van der Waals surface area (Å²) in [5.41, 5.74) is 3.02. The third kappa shape index (κ3) is 1.42. The van der Waals surface area contributed by atoms with E-state index < -0.39 is 0 Å². The van der Waals surface area contributed by atoms with Gasteiger partial charge in [-0.2, -0.15) is 0 Å². The summed E-state index contributed by atoms with van der Waals surface area (Å²) < 4.78 is 1.40. The molecule has 0 bridgehead atoms. The van der Waals surface area contributed by atoms with Crippen LogP contribution in [0.3, 0.4) is 0 Å². The molecule has 1 nitrogen and oxygen atoms in total. The molecule has 58 valence electrons. The molecular weight excluding hydrogens is 249 g/mol. The molecule has 0 saturated carbocycles. The Kier molecular flexibility index (Phi) is 2.13. The first-order valence-electron chi connectivity index (χ1n) is 3.85. The molecule has 1 aliphatic heterocycles. The summed E-state index contributed by atoms with van der Waals surface area (Å²) >= 11 is 2.40. The number of nitrogens with one attached hydrogen (secondary N) is 1. The van der Waals surface area contributed by atoms with E-state index >= 15 is 0 Å². The summed E-state index contributed by atoms with van der Waals surface area (Å²) in [6.45, 7) is 2.18. The van der Waals surface area contributed by atoms with Gasteiger partial charge in [-0.1, -0.05) is 12.1 Å². The van der Waals surface area contributed by atoms with E-state index in [0.29, 0.717) is 0 Å². The van der Waals surface area contributed by atoms with E-state index in [-0.39, 0.29) is 0 Å². The molecule has 0 aromatic heterocycles. The summed E-state index contributed by atoms with van der Waals surface area (Å²) in [5.74, 6) is 0. The van der Waals surface area contributed by atoms with E-state index in [1.165, 1.54) is 21.1 Å². The molecule has 11 heavy (non-hydrogen) atoms. The molecule has 0 saturated heterocycles. The fourth-order valence-electron chi connectivity index (χ4n) is 1.47. The van der Waals surface area contributed by atoms with Crippen LogP contribution in [0, 0.1) is 3.57 Å². The zero-order chi connectivity index (χ0) is 7.68. The third-order valence-electron chi connectivity index (χ3n) is 2.09. The Morgan fingerprint density at radius 2 is 2.27 bits per heavy atom. The lowest BCUT2D eigenvalue weighted by molar-refractivity contribution is 0.641. The van der Waals surface area contributed by atoms with Crippen LogP contribution in [0.15, 0.2) is 18.2 Å². The highest BCUT2D eigenvalue weighted by Crippen LogP contribution is 2.19.